The van der Waals surface area contributed by atoms with Crippen LogP contribution in [0.5, 0.6) is 5.75 Å². The van der Waals surface area contributed by atoms with Gasteiger partial charge in [0.15, 0.2) is 28.0 Å². The van der Waals surface area contributed by atoms with E-state index in [0.717, 1.165) is 37.4 Å². The molecule has 1 aliphatic heterocycles. The number of anilines is 1. The average Bonchev–Trinajstić information content (AvgIpc) is 3.55. The Morgan fingerprint density at radius 3 is 2.42 bits per heavy atom. The number of aromatic nitrogens is 5. The Bertz CT molecular complexity index is 2090. The number of nitrogen functional groups attached to an aromatic ring is 1. The van der Waals surface area contributed by atoms with Gasteiger partial charge in [-0.15, -0.1) is 20.8 Å². The number of pyridine rings is 1. The minimum atomic E-state index is -5.30. The number of nitrogens with two attached hydrogens (primary N) is 1. The van der Waals surface area contributed by atoms with Crippen molar-refractivity contribution >= 4 is 56.2 Å². The molecular weight excluding hydrogens is 730 g/mol. The Morgan fingerprint density at radius 2 is 1.90 bits per heavy atom. The summed E-state index contributed by atoms with van der Waals surface area (Å²) in [7, 11) is -5.30. The van der Waals surface area contributed by atoms with E-state index >= 15 is 0 Å². The van der Waals surface area contributed by atoms with Crippen LogP contribution in [0.1, 0.15) is 33.4 Å². The molecule has 0 aromatic carbocycles. The van der Waals surface area contributed by atoms with Crippen LogP contribution in [0.3, 0.4) is 0 Å². The summed E-state index contributed by atoms with van der Waals surface area (Å²) in [5.41, 5.74) is 0.341. The molecule has 3 atom stereocenters. The fraction of sp³-hybridized carbons (Fsp3) is 0.375. The second kappa shape index (κ2) is 16.2. The summed E-state index contributed by atoms with van der Waals surface area (Å²) < 4.78 is 29.6. The number of aliphatic hydroxyl groups is 1. The van der Waals surface area contributed by atoms with Crippen molar-refractivity contribution in [2.45, 2.75) is 58.0 Å². The van der Waals surface area contributed by atoms with E-state index in [4.69, 9.17) is 10.6 Å². The molecule has 50 heavy (non-hydrogen) atoms. The van der Waals surface area contributed by atoms with Gasteiger partial charge in [-0.2, -0.15) is 8.42 Å². The summed E-state index contributed by atoms with van der Waals surface area (Å²) in [6, 6.07) is -3.51. The zero-order chi connectivity index (χ0) is 35.9. The van der Waals surface area contributed by atoms with E-state index in [9.17, 15) is 52.8 Å². The first-order valence-corrected chi connectivity index (χ1v) is 15.7. The van der Waals surface area contributed by atoms with E-state index in [0.29, 0.717) is 9.47 Å². The molecule has 0 aliphatic carbocycles. The van der Waals surface area contributed by atoms with Crippen molar-refractivity contribution in [3.05, 3.63) is 44.0 Å². The van der Waals surface area contributed by atoms with Crippen LogP contribution in [0.4, 0.5) is 5.13 Å². The van der Waals surface area contributed by atoms with Crippen molar-refractivity contribution in [3.8, 4) is 17.3 Å². The number of amides is 2. The second-order valence-electron chi connectivity index (χ2n) is 10.7. The third kappa shape index (κ3) is 8.81. The summed E-state index contributed by atoms with van der Waals surface area (Å²) in [5, 5.41) is 54.3. The number of aromatic hydroxyl groups is 1. The van der Waals surface area contributed by atoms with Gasteiger partial charge >= 0.3 is 75.0 Å². The Kier molecular flexibility index (Phi) is 13.7. The zero-order valence-electron chi connectivity index (χ0n) is 27.2. The van der Waals surface area contributed by atoms with Crippen LogP contribution in [0, 0.1) is 0 Å². The van der Waals surface area contributed by atoms with Gasteiger partial charge in [-0.05, 0) is 27.7 Å². The Hall–Kier alpha value is -3.62. The van der Waals surface area contributed by atoms with E-state index in [1.54, 1.807) is 0 Å². The summed E-state index contributed by atoms with van der Waals surface area (Å²) in [5.74, 6) is -5.06. The first-order valence-electron chi connectivity index (χ1n) is 13.4. The number of aliphatic hydroxyl groups excluding tert-OH is 1. The number of nitrogens with zero attached hydrogens (tertiary/aromatic N) is 7. The van der Waals surface area contributed by atoms with E-state index < -0.39 is 92.8 Å². The van der Waals surface area contributed by atoms with Crippen molar-refractivity contribution in [2.24, 2.45) is 9.55 Å². The molecule has 1 aliphatic rings. The molecule has 1 fully saturated rings. The fourth-order valence-corrected chi connectivity index (χ4v) is 5.40. The number of aliphatic carboxylic acids is 1. The molecule has 3 aromatic rings. The van der Waals surface area contributed by atoms with Gasteiger partial charge < -0.3 is 51.0 Å². The van der Waals surface area contributed by atoms with E-state index in [-0.39, 0.29) is 79.7 Å². The molecule has 4 heterocycles. The second-order valence-corrected chi connectivity index (χ2v) is 13.0. The first kappa shape index (κ1) is 42.5. The molecule has 0 bridgehead atoms. The number of hydrogen-bond acceptors (Lipinski definition) is 17. The van der Waals surface area contributed by atoms with Gasteiger partial charge in [-0.25, -0.2) is 9.78 Å². The molecule has 0 saturated carbocycles. The van der Waals surface area contributed by atoms with Gasteiger partial charge in [0.1, 0.15) is 11.7 Å². The molecule has 3 aromatic heterocycles. The summed E-state index contributed by atoms with van der Waals surface area (Å²) in [4.78, 5) is 73.9. The van der Waals surface area contributed by atoms with Crippen LogP contribution in [-0.2, 0) is 36.0 Å². The normalized spacial score (nSPS) is 17.2. The van der Waals surface area contributed by atoms with Gasteiger partial charge in [0.05, 0.1) is 36.4 Å². The standard InChI is InChI=1S/C24H28N10O12S2.2Na/c1-9(35)7-32-17(11-5-13(36)14(37)6-26-11)29-34(23(32)43)48(44,45)31-22(42)33-10(2)15(19(33)39)28-18(38)16(12-8-47-21(25)27-12)30-46-24(3,4)20(40)41;;/h5-6,8-10,15,35,37H,7H2,1-4H3,(H2,25,27)(H,26,36)(H,28,38)(H,31,42)(H,40,41);;/q;2*+1/p-2/b30-16-;;/t9-,10-,15-;;/m0../s1. The molecule has 22 nitrogen and oxygen atoms in total. The van der Waals surface area contributed by atoms with Gasteiger partial charge in [0, 0.05) is 17.6 Å². The van der Waals surface area contributed by atoms with E-state index in [1.165, 1.54) is 19.2 Å². The van der Waals surface area contributed by atoms with Crippen LogP contribution in [-0.4, -0.2) is 101 Å². The van der Waals surface area contributed by atoms with Gasteiger partial charge in [-0.3, -0.25) is 19.0 Å². The van der Waals surface area contributed by atoms with Crippen molar-refractivity contribution in [1.82, 2.24) is 33.9 Å². The number of aromatic amines is 1. The van der Waals surface area contributed by atoms with Crippen molar-refractivity contribution in [3.63, 3.8) is 0 Å². The number of carbonyl (C=O) groups is 3. The van der Waals surface area contributed by atoms with Crippen LogP contribution in [0.2, 0.25) is 0 Å². The number of hydrogen-bond donors (Lipinski definition) is 5. The molecule has 0 radical (unpaired) electrons. The number of rotatable bonds is 11. The predicted molar refractivity (Wildman–Crippen MR) is 159 cm³/mol. The molecule has 26 heteroatoms. The number of oxime groups is 1. The van der Waals surface area contributed by atoms with Gasteiger partial charge in [0.2, 0.25) is 5.43 Å². The largest absolute Gasteiger partial charge is 1.00 e. The number of H-pyrrole nitrogens is 1. The number of amidine groups is 1. The molecule has 258 valence electrons. The Morgan fingerprint density at radius 1 is 1.26 bits per heavy atom. The quantitative estimate of drug-likeness (QED) is 0.0399. The van der Waals surface area contributed by atoms with Crippen LogP contribution in [0.25, 0.3) is 11.5 Å². The molecule has 6 N–H and O–H groups in total. The minimum absolute atomic E-state index is 0. The Labute approximate surface area is 329 Å². The molecule has 4 rings (SSSR count). The summed E-state index contributed by atoms with van der Waals surface area (Å²) in [6.45, 7) is 4.19. The van der Waals surface area contributed by atoms with Crippen molar-refractivity contribution < 1.29 is 107 Å². The number of carboxylic acids is 1. The van der Waals surface area contributed by atoms with Crippen LogP contribution in [0.15, 0.2) is 36.8 Å². The molecule has 1 saturated heterocycles. The zero-order valence-corrected chi connectivity index (χ0v) is 32.8. The first-order chi connectivity index (χ1) is 22.2. The monoisotopic (exact) mass is 756 g/mol. The predicted octanol–water partition coefficient (Wildman–Crippen LogP) is -11.0. The van der Waals surface area contributed by atoms with E-state index in [1.807, 2.05) is 0 Å². The number of carbonyl (C=O) groups excluding carboxylic acids is 3. The van der Waals surface area contributed by atoms with Gasteiger partial charge in [0.25, 0.3) is 11.8 Å². The summed E-state index contributed by atoms with van der Waals surface area (Å²) >= 11 is 0.907. The summed E-state index contributed by atoms with van der Waals surface area (Å²) in [6.07, 6.45) is -0.369. The number of thiazole rings is 1. The molecule has 0 spiro atoms. The van der Waals surface area contributed by atoms with E-state index in [2.05, 4.69) is 29.9 Å². The number of nitrogens with one attached hydrogen (secondary N) is 2. The number of carboxylic acid groups (broad SMARTS) is 1. The molecular formula is C24H26N10Na2O12S2. The fourth-order valence-electron chi connectivity index (χ4n) is 4.01. The minimum Gasteiger partial charge on any atom is -0.845 e. The van der Waals surface area contributed by atoms with Crippen molar-refractivity contribution in [2.75, 3.05) is 5.73 Å². The van der Waals surface area contributed by atoms with Crippen molar-refractivity contribution in [1.29, 1.82) is 0 Å². The molecule has 0 unspecified atom stereocenters. The smallest absolute Gasteiger partial charge is 0.845 e. The maximum atomic E-state index is 13.1. The third-order valence-electron chi connectivity index (χ3n) is 6.55. The number of likely N-dealkylation sites (tertiary alicyclic amines) is 1. The number of β-lactam (4-membered cyclic amide) rings is 1. The van der Waals surface area contributed by atoms with Gasteiger partial charge in [-0.1, -0.05) is 9.24 Å². The molecule has 2 amide bonds. The third-order valence-corrected chi connectivity index (χ3v) is 8.29. The Balaban J connectivity index is 0.00000433. The SMILES string of the molecule is C[C@H](O)Cn1c(-c2cc(=O)c(O)c[nH]2)nn(S(=O)(=O)N=C([O-])N2C(=O)[C@@H](NC(=O)/C(=N\OC(C)(C)C(=O)[O-])c3csc(N)n3)[C@@H]2C)c1=O.[Na+].[Na+]. The van der Waals surface area contributed by atoms with Crippen LogP contribution < -0.4 is 91.5 Å². The van der Waals surface area contributed by atoms with Crippen LogP contribution >= 0.6 is 11.3 Å². The average molecular weight is 757 g/mol. The maximum Gasteiger partial charge on any atom is 1.00 e. The maximum absolute atomic E-state index is 13.1. The topological polar surface area (TPSA) is 333 Å².